The van der Waals surface area contributed by atoms with Crippen molar-refractivity contribution in [2.24, 2.45) is 0 Å². The van der Waals surface area contributed by atoms with Crippen LogP contribution in [0.1, 0.15) is 18.1 Å². The molecular formula is C21H18FNO6. The van der Waals surface area contributed by atoms with Gasteiger partial charge < -0.3 is 13.9 Å². The van der Waals surface area contributed by atoms with E-state index in [9.17, 15) is 18.8 Å². The minimum absolute atomic E-state index is 0.0206. The molecule has 0 saturated carbocycles. The van der Waals surface area contributed by atoms with Crippen LogP contribution >= 0.6 is 0 Å². The van der Waals surface area contributed by atoms with Crippen LogP contribution in [0.4, 0.5) is 14.9 Å². The second kappa shape index (κ2) is 9.01. The highest BCUT2D eigenvalue weighted by Crippen LogP contribution is 2.22. The van der Waals surface area contributed by atoms with Crippen LogP contribution < -0.4 is 10.9 Å². The third-order valence-corrected chi connectivity index (χ3v) is 4.00. The minimum atomic E-state index is -0.625. The molecular weight excluding hydrogens is 381 g/mol. The number of carbonyl (C=O) groups excluding carboxylic acids is 2. The first-order chi connectivity index (χ1) is 13.9. The van der Waals surface area contributed by atoms with Gasteiger partial charge in [0.05, 0.1) is 13.0 Å². The summed E-state index contributed by atoms with van der Waals surface area (Å²) in [6.45, 7) is 1.78. The Hall–Kier alpha value is -3.68. The number of nitrogens with one attached hydrogen (secondary N) is 1. The number of fused-ring (bicyclic) bond motifs is 1. The number of esters is 1. The average molecular weight is 399 g/mol. The van der Waals surface area contributed by atoms with E-state index in [1.165, 1.54) is 36.4 Å². The summed E-state index contributed by atoms with van der Waals surface area (Å²) >= 11 is 0. The lowest BCUT2D eigenvalue weighted by molar-refractivity contribution is -0.144. The molecule has 0 atom stereocenters. The molecule has 0 spiro atoms. The quantitative estimate of drug-likeness (QED) is 0.501. The molecule has 0 bridgehead atoms. The topological polar surface area (TPSA) is 94.8 Å². The number of anilines is 1. The van der Waals surface area contributed by atoms with Crippen molar-refractivity contribution in [1.29, 1.82) is 0 Å². The summed E-state index contributed by atoms with van der Waals surface area (Å²) in [6.07, 6.45) is -0.646. The number of ether oxygens (including phenoxy) is 2. The fourth-order valence-corrected chi connectivity index (χ4v) is 2.69. The van der Waals surface area contributed by atoms with Gasteiger partial charge in [-0.3, -0.25) is 10.1 Å². The standard InChI is InChI=1S/C21H18FNO6/c1-2-27-21(26)23-16-7-8-17-14(10-20(25)29-18(17)11-16)12-28-19(24)9-13-3-5-15(22)6-4-13/h3-8,10-11H,2,9,12H2,1H3,(H,23,26). The lowest BCUT2D eigenvalue weighted by Crippen LogP contribution is -2.13. The van der Waals surface area contributed by atoms with Crippen LogP contribution in [0.3, 0.4) is 0 Å². The van der Waals surface area contributed by atoms with Crippen LogP contribution in [-0.2, 0) is 27.3 Å². The van der Waals surface area contributed by atoms with Crippen LogP contribution in [0.15, 0.2) is 57.7 Å². The van der Waals surface area contributed by atoms with Crippen molar-refractivity contribution in [3.8, 4) is 0 Å². The maximum absolute atomic E-state index is 12.9. The zero-order valence-corrected chi connectivity index (χ0v) is 15.6. The van der Waals surface area contributed by atoms with Crippen molar-refractivity contribution < 1.29 is 27.9 Å². The van der Waals surface area contributed by atoms with Crippen molar-refractivity contribution in [3.05, 3.63) is 75.9 Å². The van der Waals surface area contributed by atoms with Crippen molar-refractivity contribution in [1.82, 2.24) is 0 Å². The molecule has 0 aliphatic rings. The van der Waals surface area contributed by atoms with Crippen molar-refractivity contribution in [2.45, 2.75) is 20.0 Å². The van der Waals surface area contributed by atoms with Gasteiger partial charge in [-0.1, -0.05) is 12.1 Å². The molecule has 0 saturated heterocycles. The Bertz CT molecular complexity index is 1090. The van der Waals surface area contributed by atoms with Gasteiger partial charge in [0.1, 0.15) is 18.0 Å². The van der Waals surface area contributed by atoms with Gasteiger partial charge in [0, 0.05) is 28.8 Å². The van der Waals surface area contributed by atoms with Gasteiger partial charge in [0.15, 0.2) is 0 Å². The van der Waals surface area contributed by atoms with Crippen LogP contribution in [0.5, 0.6) is 0 Å². The zero-order valence-electron chi connectivity index (χ0n) is 15.6. The summed E-state index contributed by atoms with van der Waals surface area (Å²) in [5.74, 6) is -0.903. The summed E-state index contributed by atoms with van der Waals surface area (Å²) in [4.78, 5) is 35.4. The van der Waals surface area contributed by atoms with E-state index in [4.69, 9.17) is 13.9 Å². The van der Waals surface area contributed by atoms with E-state index in [-0.39, 0.29) is 31.0 Å². The number of halogens is 1. The molecule has 7 nitrogen and oxygen atoms in total. The molecule has 0 unspecified atom stereocenters. The molecule has 2 aromatic carbocycles. The highest BCUT2D eigenvalue weighted by Gasteiger charge is 2.11. The van der Waals surface area contributed by atoms with Crippen LogP contribution in [-0.4, -0.2) is 18.7 Å². The average Bonchev–Trinajstić information content (AvgIpc) is 2.67. The lowest BCUT2D eigenvalue weighted by Gasteiger charge is -2.09. The lowest BCUT2D eigenvalue weighted by atomic mass is 10.1. The maximum atomic E-state index is 12.9. The molecule has 29 heavy (non-hydrogen) atoms. The van der Waals surface area contributed by atoms with E-state index in [2.05, 4.69) is 5.32 Å². The number of hydrogen-bond donors (Lipinski definition) is 1. The summed E-state index contributed by atoms with van der Waals surface area (Å²) < 4.78 is 28.2. The van der Waals surface area contributed by atoms with Crippen LogP contribution in [0.2, 0.25) is 0 Å². The third kappa shape index (κ3) is 5.41. The Kier molecular flexibility index (Phi) is 6.23. The summed E-state index contributed by atoms with van der Waals surface area (Å²) in [5.41, 5.74) is 1.09. The fourth-order valence-electron chi connectivity index (χ4n) is 2.69. The maximum Gasteiger partial charge on any atom is 0.411 e. The van der Waals surface area contributed by atoms with Crippen molar-refractivity contribution >= 4 is 28.7 Å². The van der Waals surface area contributed by atoms with E-state index in [1.54, 1.807) is 19.1 Å². The highest BCUT2D eigenvalue weighted by atomic mass is 19.1. The van der Waals surface area contributed by atoms with E-state index in [0.29, 0.717) is 22.2 Å². The highest BCUT2D eigenvalue weighted by molar-refractivity contribution is 5.90. The SMILES string of the molecule is CCOC(=O)Nc1ccc2c(COC(=O)Cc3ccc(F)cc3)cc(=O)oc2c1. The van der Waals surface area contributed by atoms with Crippen LogP contribution in [0, 0.1) is 5.82 Å². The molecule has 3 aromatic rings. The summed E-state index contributed by atoms with van der Waals surface area (Å²) in [6, 6.07) is 11.5. The largest absolute Gasteiger partial charge is 0.461 e. The monoisotopic (exact) mass is 399 g/mol. The Labute approximate surface area is 165 Å². The smallest absolute Gasteiger partial charge is 0.411 e. The number of carbonyl (C=O) groups is 2. The fraction of sp³-hybridized carbons (Fsp3) is 0.190. The Morgan fingerprint density at radius 3 is 2.55 bits per heavy atom. The molecule has 3 rings (SSSR count). The van der Waals surface area contributed by atoms with Gasteiger partial charge in [-0.05, 0) is 36.8 Å². The van der Waals surface area contributed by atoms with Crippen LogP contribution in [0.25, 0.3) is 11.0 Å². The van der Waals surface area contributed by atoms with Gasteiger partial charge in [0.2, 0.25) is 0 Å². The number of rotatable bonds is 6. The van der Waals surface area contributed by atoms with Gasteiger partial charge in [-0.15, -0.1) is 0 Å². The molecule has 0 radical (unpaired) electrons. The Balaban J connectivity index is 1.73. The number of benzene rings is 2. The normalized spacial score (nSPS) is 10.6. The zero-order chi connectivity index (χ0) is 20.8. The Morgan fingerprint density at radius 2 is 1.83 bits per heavy atom. The summed E-state index contributed by atoms with van der Waals surface area (Å²) in [7, 11) is 0. The molecule has 1 heterocycles. The van der Waals surface area contributed by atoms with E-state index < -0.39 is 17.7 Å². The molecule has 1 amide bonds. The molecule has 0 aliphatic carbocycles. The van der Waals surface area contributed by atoms with E-state index in [0.717, 1.165) is 0 Å². The molecule has 1 N–H and O–H groups in total. The predicted molar refractivity (Wildman–Crippen MR) is 103 cm³/mol. The second-order valence-electron chi connectivity index (χ2n) is 6.11. The second-order valence-corrected chi connectivity index (χ2v) is 6.11. The Morgan fingerprint density at radius 1 is 1.07 bits per heavy atom. The van der Waals surface area contributed by atoms with Gasteiger partial charge in [-0.25, -0.2) is 14.0 Å². The molecule has 0 fully saturated rings. The number of hydrogen-bond acceptors (Lipinski definition) is 6. The molecule has 0 aliphatic heterocycles. The van der Waals surface area contributed by atoms with Gasteiger partial charge in [-0.2, -0.15) is 0 Å². The molecule has 8 heteroatoms. The van der Waals surface area contributed by atoms with Gasteiger partial charge >= 0.3 is 17.7 Å². The number of amides is 1. The van der Waals surface area contributed by atoms with Crippen molar-refractivity contribution in [2.75, 3.05) is 11.9 Å². The van der Waals surface area contributed by atoms with Crippen molar-refractivity contribution in [3.63, 3.8) is 0 Å². The van der Waals surface area contributed by atoms with Gasteiger partial charge in [0.25, 0.3) is 0 Å². The summed E-state index contributed by atoms with van der Waals surface area (Å²) in [5, 5.41) is 3.08. The van der Waals surface area contributed by atoms with E-state index in [1.807, 2.05) is 0 Å². The van der Waals surface area contributed by atoms with E-state index >= 15 is 0 Å². The molecule has 150 valence electrons. The first-order valence-corrected chi connectivity index (χ1v) is 8.85. The third-order valence-electron chi connectivity index (χ3n) is 4.00. The first kappa shape index (κ1) is 20.1. The first-order valence-electron chi connectivity index (χ1n) is 8.85. The minimum Gasteiger partial charge on any atom is -0.461 e. The molecule has 1 aromatic heterocycles. The predicted octanol–water partition coefficient (Wildman–Crippen LogP) is 3.79.